The average molecular weight is 244 g/mol. The molecule has 1 heterocycles. The molecule has 0 N–H and O–H groups in total. The van der Waals surface area contributed by atoms with Gasteiger partial charge in [-0.1, -0.05) is 0 Å². The van der Waals surface area contributed by atoms with Crippen LogP contribution in [0, 0.1) is 17.8 Å². The summed E-state index contributed by atoms with van der Waals surface area (Å²) >= 11 is 0. The molecule has 0 bridgehead atoms. The third-order valence-corrected chi connectivity index (χ3v) is 4.03. The molecule has 92 valence electrons. The predicted molar refractivity (Wildman–Crippen MR) is 67.5 cm³/mol. The maximum atomic E-state index is 11.9. The lowest BCUT2D eigenvalue weighted by atomic mass is 10.1. The Hall–Kier alpha value is -0.300. The first-order valence-electron chi connectivity index (χ1n) is 6.55. The average Bonchev–Trinajstić information content (AvgIpc) is 2.89. The molecule has 0 radical (unpaired) electrons. The Bertz CT molecular complexity index is 305. The van der Waals surface area contributed by atoms with Gasteiger partial charge < -0.3 is 9.64 Å². The molecule has 2 aliphatic rings. The summed E-state index contributed by atoms with van der Waals surface area (Å²) in [4.78, 5) is 13.8. The monoisotopic (exact) mass is 244 g/mol. The lowest BCUT2D eigenvalue weighted by Crippen LogP contribution is -2.40. The number of piperidine rings is 1. The van der Waals surface area contributed by atoms with Crippen LogP contribution in [-0.2, 0) is 4.74 Å². The highest BCUT2D eigenvalue weighted by Gasteiger charge is 2.52. The number of carbonyl (C=O) groups is 1. The zero-order valence-electron chi connectivity index (χ0n) is 11.3. The van der Waals surface area contributed by atoms with Gasteiger partial charge in [0.2, 0.25) is 0 Å². The second kappa shape index (κ2) is 4.18. The van der Waals surface area contributed by atoms with Crippen molar-refractivity contribution in [2.24, 2.45) is 17.8 Å². The van der Waals surface area contributed by atoms with Crippen molar-refractivity contribution in [1.29, 1.82) is 1.28 Å². The Morgan fingerprint density at radius 2 is 2.31 bits per heavy atom. The van der Waals surface area contributed by atoms with Gasteiger partial charge in [-0.3, -0.25) is 0 Å². The number of amides is 1. The van der Waals surface area contributed by atoms with Crippen LogP contribution in [0.1, 0.15) is 27.2 Å². The van der Waals surface area contributed by atoms with Crippen molar-refractivity contribution in [3.05, 3.63) is 0 Å². The standard InChI is InChI=1S/C12H22NO2P/c1-12(2,3)15-11(14)13-5-4-8-9(6-13)10(8)7-16/h8-10H,4-7,16H2,1-3H3/i16D. The molecule has 3 nitrogen and oxygen atoms in total. The van der Waals surface area contributed by atoms with Crippen LogP contribution in [0.15, 0.2) is 0 Å². The first-order chi connectivity index (χ1) is 7.92. The smallest absolute Gasteiger partial charge is 0.410 e. The maximum Gasteiger partial charge on any atom is 0.410 e. The van der Waals surface area contributed by atoms with Gasteiger partial charge in [0.25, 0.3) is 0 Å². The highest BCUT2D eigenvalue weighted by atomic mass is 31.0. The van der Waals surface area contributed by atoms with Crippen LogP contribution in [0.4, 0.5) is 4.79 Å². The molecule has 4 heteroatoms. The fourth-order valence-corrected chi connectivity index (χ4v) is 3.27. The first-order valence-corrected chi connectivity index (χ1v) is 6.75. The summed E-state index contributed by atoms with van der Waals surface area (Å²) in [5.41, 5.74) is -0.403. The van der Waals surface area contributed by atoms with Gasteiger partial charge in [0.15, 0.2) is 0 Å². The zero-order chi connectivity index (χ0) is 12.6. The largest absolute Gasteiger partial charge is 0.444 e. The molecular weight excluding hydrogens is 221 g/mol. The van der Waals surface area contributed by atoms with E-state index in [2.05, 4.69) is 0 Å². The fraction of sp³-hybridized carbons (Fsp3) is 0.917. The number of hydrogen-bond donors (Lipinski definition) is 0. The van der Waals surface area contributed by atoms with Crippen molar-refractivity contribution in [2.75, 3.05) is 19.3 Å². The van der Waals surface area contributed by atoms with Crippen LogP contribution in [0.25, 0.3) is 0 Å². The zero-order valence-corrected chi connectivity index (χ0v) is 11.3. The van der Waals surface area contributed by atoms with E-state index >= 15 is 0 Å². The molecule has 4 atom stereocenters. The van der Waals surface area contributed by atoms with Gasteiger partial charge in [-0.2, -0.15) is 0 Å². The summed E-state index contributed by atoms with van der Waals surface area (Å²) < 4.78 is 12.7. The first kappa shape index (κ1) is 10.8. The molecule has 1 saturated carbocycles. The molecule has 2 fully saturated rings. The lowest BCUT2D eigenvalue weighted by Gasteiger charge is -2.29. The van der Waals surface area contributed by atoms with E-state index in [0.717, 1.165) is 31.6 Å². The van der Waals surface area contributed by atoms with Crippen molar-refractivity contribution in [3.63, 3.8) is 0 Å². The minimum atomic E-state index is -0.403. The van der Waals surface area contributed by atoms with Gasteiger partial charge >= 0.3 is 6.09 Å². The van der Waals surface area contributed by atoms with E-state index in [1.54, 1.807) is 0 Å². The van der Waals surface area contributed by atoms with E-state index in [0.29, 0.717) is 21.0 Å². The highest BCUT2D eigenvalue weighted by molar-refractivity contribution is 7.16. The summed E-state index contributed by atoms with van der Waals surface area (Å²) in [6.07, 6.45) is 1.95. The maximum absolute atomic E-state index is 11.9. The van der Waals surface area contributed by atoms with Crippen molar-refractivity contribution >= 4 is 15.3 Å². The molecule has 1 aliphatic carbocycles. The third kappa shape index (κ3) is 2.51. The minimum Gasteiger partial charge on any atom is -0.444 e. The molecule has 16 heavy (non-hydrogen) atoms. The Balaban J connectivity index is 1.83. The number of likely N-dealkylation sites (tertiary alicyclic amines) is 1. The Morgan fingerprint density at radius 3 is 2.94 bits per heavy atom. The summed E-state index contributed by atoms with van der Waals surface area (Å²) in [5.74, 6) is 2.14. The normalized spacial score (nSPS) is 34.8. The number of nitrogens with zero attached hydrogens (tertiary/aromatic N) is 1. The minimum absolute atomic E-state index is 0.171. The van der Waals surface area contributed by atoms with Crippen LogP contribution < -0.4 is 0 Å². The lowest BCUT2D eigenvalue weighted by molar-refractivity contribution is 0.0207. The van der Waals surface area contributed by atoms with E-state index < -0.39 is 5.60 Å². The summed E-state index contributed by atoms with van der Waals surface area (Å²) in [6.45, 7) is 7.37. The molecule has 1 aliphatic heterocycles. The molecular formula is C12H22NO2P. The van der Waals surface area contributed by atoms with Gasteiger partial charge in [0.1, 0.15) is 5.60 Å². The van der Waals surface area contributed by atoms with Crippen molar-refractivity contribution in [3.8, 4) is 0 Å². The molecule has 4 unspecified atom stereocenters. The van der Waals surface area contributed by atoms with E-state index in [4.69, 9.17) is 6.02 Å². The van der Waals surface area contributed by atoms with E-state index in [1.165, 1.54) is 0 Å². The topological polar surface area (TPSA) is 29.5 Å². The van der Waals surface area contributed by atoms with Crippen LogP contribution in [0.3, 0.4) is 0 Å². The van der Waals surface area contributed by atoms with E-state index in [1.807, 2.05) is 25.7 Å². The second-order valence-corrected chi connectivity index (χ2v) is 6.32. The number of hydrogen-bond acceptors (Lipinski definition) is 2. The summed E-state index contributed by atoms with van der Waals surface area (Å²) in [7, 11) is 0.300. The molecule has 0 aromatic heterocycles. The molecule has 0 aromatic carbocycles. The number of fused-ring (bicyclic) bond motifs is 1. The van der Waals surface area contributed by atoms with Crippen LogP contribution in [-0.4, -0.2) is 37.1 Å². The van der Waals surface area contributed by atoms with Crippen molar-refractivity contribution in [1.82, 2.24) is 4.90 Å². The highest BCUT2D eigenvalue weighted by Crippen LogP contribution is 2.52. The fourth-order valence-electron chi connectivity index (χ4n) is 2.67. The van der Waals surface area contributed by atoms with Gasteiger partial charge in [-0.15, -0.1) is 9.18 Å². The molecule has 0 spiro atoms. The van der Waals surface area contributed by atoms with Crippen LogP contribution in [0.5, 0.6) is 0 Å². The Labute approximate surface area is 101 Å². The predicted octanol–water partition coefficient (Wildman–Crippen LogP) is 2.36. The second-order valence-electron chi connectivity index (χ2n) is 5.91. The summed E-state index contributed by atoms with van der Waals surface area (Å²) in [5, 5.41) is 0. The van der Waals surface area contributed by atoms with E-state index in [9.17, 15) is 4.79 Å². The number of rotatable bonds is 2. The van der Waals surface area contributed by atoms with Crippen LogP contribution in [0.2, 0.25) is 0 Å². The van der Waals surface area contributed by atoms with Gasteiger partial charge in [-0.25, -0.2) is 4.79 Å². The third-order valence-electron chi connectivity index (χ3n) is 3.56. The van der Waals surface area contributed by atoms with Crippen LogP contribution >= 0.6 is 9.18 Å². The van der Waals surface area contributed by atoms with Gasteiger partial charge in [-0.05, 0) is 51.1 Å². The van der Waals surface area contributed by atoms with Gasteiger partial charge in [0.05, 0.1) is 1.28 Å². The number of carbonyl (C=O) groups excluding carboxylic acids is 1. The molecule has 1 amide bonds. The summed E-state index contributed by atoms with van der Waals surface area (Å²) in [6, 6.07) is 0. The van der Waals surface area contributed by atoms with Crippen molar-refractivity contribution < 1.29 is 9.53 Å². The molecule has 2 rings (SSSR count). The van der Waals surface area contributed by atoms with Crippen molar-refractivity contribution in [2.45, 2.75) is 32.8 Å². The van der Waals surface area contributed by atoms with E-state index in [-0.39, 0.29) is 6.09 Å². The van der Waals surface area contributed by atoms with Gasteiger partial charge in [0, 0.05) is 13.1 Å². The SMILES string of the molecule is [2H]PCC1C2CCN(C(=O)OC(C)(C)C)CC21. The molecule has 0 aromatic rings. The quantitative estimate of drug-likeness (QED) is 0.698. The Morgan fingerprint density at radius 1 is 1.56 bits per heavy atom. The Kier molecular flexibility index (Phi) is 2.83. The number of ether oxygens (including phenoxy) is 1. The molecule has 1 saturated heterocycles.